The molecule has 0 saturated carbocycles. The van der Waals surface area contributed by atoms with Gasteiger partial charge in [-0.3, -0.25) is 9.59 Å². The summed E-state index contributed by atoms with van der Waals surface area (Å²) < 4.78 is 11.9. The second-order valence-electron chi connectivity index (χ2n) is 9.93. The van der Waals surface area contributed by atoms with E-state index in [0.29, 0.717) is 28.6 Å². The van der Waals surface area contributed by atoms with Crippen molar-refractivity contribution in [3.8, 4) is 11.5 Å². The first-order valence-corrected chi connectivity index (χ1v) is 13.6. The lowest BCUT2D eigenvalue weighted by molar-refractivity contribution is -0.118. The zero-order valence-electron chi connectivity index (χ0n) is 23.4. The number of methoxy groups -OCH3 is 1. The molecule has 0 fully saturated rings. The minimum absolute atomic E-state index is 0.0229. The van der Waals surface area contributed by atoms with Crippen molar-refractivity contribution in [2.45, 2.75) is 52.2 Å². The molecule has 1 unspecified atom stereocenters. The van der Waals surface area contributed by atoms with Gasteiger partial charge in [-0.2, -0.15) is 0 Å². The quantitative estimate of drug-likeness (QED) is 0.325. The lowest BCUT2D eigenvalue weighted by Gasteiger charge is -2.39. The van der Waals surface area contributed by atoms with Crippen LogP contribution < -0.4 is 24.6 Å². The summed E-state index contributed by atoms with van der Waals surface area (Å²) in [6.45, 7) is 5.87. The maximum absolute atomic E-state index is 13.9. The molecule has 0 aliphatic carbocycles. The third kappa shape index (κ3) is 5.98. The molecule has 0 spiro atoms. The number of fused-ring (bicyclic) bond motifs is 1. The van der Waals surface area contributed by atoms with Gasteiger partial charge in [0.05, 0.1) is 25.7 Å². The summed E-state index contributed by atoms with van der Waals surface area (Å²) in [5.74, 6) is 0.990. The molecule has 0 aromatic heterocycles. The van der Waals surface area contributed by atoms with E-state index in [0.717, 1.165) is 34.5 Å². The van der Waals surface area contributed by atoms with Crippen LogP contribution in [-0.2, 0) is 16.0 Å². The molecule has 1 aliphatic heterocycles. The number of carbonyl (C=O) groups is 2. The van der Waals surface area contributed by atoms with Crippen LogP contribution in [0.3, 0.4) is 0 Å². The second kappa shape index (κ2) is 12.0. The molecule has 206 valence electrons. The summed E-state index contributed by atoms with van der Waals surface area (Å²) in [7, 11) is 5.55. The summed E-state index contributed by atoms with van der Waals surface area (Å²) >= 11 is 6.38. The van der Waals surface area contributed by atoms with Crippen LogP contribution in [0.25, 0.3) is 0 Å². The Morgan fingerprint density at radius 2 is 1.79 bits per heavy atom. The predicted octanol–water partition coefficient (Wildman–Crippen LogP) is 6.62. The molecule has 39 heavy (non-hydrogen) atoms. The molecule has 0 saturated heterocycles. The van der Waals surface area contributed by atoms with Crippen LogP contribution in [-0.4, -0.2) is 39.1 Å². The van der Waals surface area contributed by atoms with Crippen LogP contribution in [0, 0.1) is 0 Å². The van der Waals surface area contributed by atoms with Crippen LogP contribution in [0.2, 0.25) is 5.02 Å². The molecule has 1 N–H and O–H groups in total. The zero-order valence-corrected chi connectivity index (χ0v) is 24.1. The first-order chi connectivity index (χ1) is 18.7. The maximum Gasteiger partial charge on any atom is 0.232 e. The third-order valence-electron chi connectivity index (χ3n) is 7.04. The van der Waals surface area contributed by atoms with Crippen LogP contribution in [0.5, 0.6) is 11.5 Å². The molecular weight excluding hydrogens is 514 g/mol. The van der Waals surface area contributed by atoms with Crippen molar-refractivity contribution in [3.63, 3.8) is 0 Å². The molecule has 1 aliphatic rings. The fourth-order valence-electron chi connectivity index (χ4n) is 4.73. The van der Waals surface area contributed by atoms with Crippen molar-refractivity contribution < 1.29 is 19.1 Å². The van der Waals surface area contributed by atoms with E-state index in [2.05, 4.69) is 12.2 Å². The van der Waals surface area contributed by atoms with Crippen LogP contribution in [0.15, 0.2) is 54.6 Å². The van der Waals surface area contributed by atoms with Crippen molar-refractivity contribution in [2.75, 3.05) is 36.3 Å². The van der Waals surface area contributed by atoms with Crippen molar-refractivity contribution in [1.82, 2.24) is 0 Å². The first kappa shape index (κ1) is 28.3. The van der Waals surface area contributed by atoms with E-state index >= 15 is 0 Å². The number of amides is 2. The topological polar surface area (TPSA) is 71.1 Å². The monoisotopic (exact) mass is 549 g/mol. The molecule has 3 aromatic rings. The molecule has 4 rings (SSSR count). The van der Waals surface area contributed by atoms with E-state index in [-0.39, 0.29) is 24.3 Å². The Kier molecular flexibility index (Phi) is 8.70. The van der Waals surface area contributed by atoms with Gasteiger partial charge in [0.2, 0.25) is 11.8 Å². The van der Waals surface area contributed by atoms with Gasteiger partial charge in [-0.05, 0) is 73.0 Å². The van der Waals surface area contributed by atoms with Crippen LogP contribution >= 0.6 is 11.6 Å². The van der Waals surface area contributed by atoms with Crippen molar-refractivity contribution >= 4 is 40.5 Å². The molecule has 0 bridgehead atoms. The lowest BCUT2D eigenvalue weighted by atomic mass is 9.86. The lowest BCUT2D eigenvalue weighted by Crippen LogP contribution is -2.41. The fourth-order valence-corrected chi connectivity index (χ4v) is 4.91. The predicted molar refractivity (Wildman–Crippen MR) is 158 cm³/mol. The summed E-state index contributed by atoms with van der Waals surface area (Å²) in [6.07, 6.45) is 1.32. The van der Waals surface area contributed by atoms with Gasteiger partial charge >= 0.3 is 0 Å². The molecule has 8 heteroatoms. The summed E-state index contributed by atoms with van der Waals surface area (Å²) in [6, 6.07) is 16.6. The molecule has 2 amide bonds. The van der Waals surface area contributed by atoms with Gasteiger partial charge in [0, 0.05) is 48.2 Å². The first-order valence-electron chi connectivity index (χ1n) is 13.2. The van der Waals surface area contributed by atoms with Gasteiger partial charge in [0.15, 0.2) is 11.5 Å². The highest BCUT2D eigenvalue weighted by Crippen LogP contribution is 2.46. The third-order valence-corrected chi connectivity index (χ3v) is 7.28. The normalized spacial score (nSPS) is 15.4. The molecule has 0 radical (unpaired) electrons. The number of ether oxygens (including phenoxy) is 2. The van der Waals surface area contributed by atoms with Crippen LogP contribution in [0.1, 0.15) is 56.3 Å². The van der Waals surface area contributed by atoms with Gasteiger partial charge in [-0.1, -0.05) is 31.5 Å². The molecule has 3 aromatic carbocycles. The fraction of sp³-hybridized carbons (Fsp3) is 0.355. The van der Waals surface area contributed by atoms with Gasteiger partial charge in [-0.15, -0.1) is 0 Å². The number of hydrogen-bond acceptors (Lipinski definition) is 5. The highest BCUT2D eigenvalue weighted by molar-refractivity contribution is 6.31. The summed E-state index contributed by atoms with van der Waals surface area (Å²) in [4.78, 5) is 30.2. The smallest absolute Gasteiger partial charge is 0.232 e. The minimum Gasteiger partial charge on any atom is -0.493 e. The second-order valence-corrected chi connectivity index (χ2v) is 10.4. The van der Waals surface area contributed by atoms with E-state index in [1.807, 2.05) is 68.4 Å². The van der Waals surface area contributed by atoms with Crippen LogP contribution in [0.4, 0.5) is 17.1 Å². The number of benzene rings is 3. The van der Waals surface area contributed by atoms with Crippen molar-refractivity contribution in [2.24, 2.45) is 0 Å². The Morgan fingerprint density at radius 3 is 2.41 bits per heavy atom. The molecule has 1 heterocycles. The summed E-state index contributed by atoms with van der Waals surface area (Å²) in [5.41, 5.74) is 4.85. The Bertz CT molecular complexity index is 1360. The highest BCUT2D eigenvalue weighted by atomic mass is 35.5. The van der Waals surface area contributed by atoms with Crippen molar-refractivity contribution in [3.05, 3.63) is 76.3 Å². The van der Waals surface area contributed by atoms with Gasteiger partial charge in [-0.25, -0.2) is 0 Å². The average Bonchev–Trinajstić information content (AvgIpc) is 2.92. The van der Waals surface area contributed by atoms with E-state index in [1.165, 1.54) is 0 Å². The number of nitrogens with zero attached hydrogens (tertiary/aromatic N) is 2. The Hall–Kier alpha value is -3.71. The standard InChI is InChI=1S/C31H36ClN3O4/c1-7-19(3)39-28-18-25-20(15-27(28)38-6)16-30(37)35(23-12-10-22(11-13-23)34(4)5)31(25)24-14-9-21(32)17-26(24)33-29(36)8-2/h9-15,17-19,31H,7-8,16H2,1-6H3,(H,33,36)/t19-,31?/m1/s1. The van der Waals surface area contributed by atoms with Gasteiger partial charge in [0.25, 0.3) is 0 Å². The Labute approximate surface area is 235 Å². The van der Waals surface area contributed by atoms with E-state index < -0.39 is 6.04 Å². The van der Waals surface area contributed by atoms with E-state index in [4.69, 9.17) is 21.1 Å². The summed E-state index contributed by atoms with van der Waals surface area (Å²) in [5, 5.41) is 3.49. The number of rotatable bonds is 9. The van der Waals surface area contributed by atoms with E-state index in [9.17, 15) is 9.59 Å². The van der Waals surface area contributed by atoms with Crippen molar-refractivity contribution in [1.29, 1.82) is 0 Å². The SMILES string of the molecule is CCC(=O)Nc1cc(Cl)ccc1C1c2cc(O[C@H](C)CC)c(OC)cc2CC(=O)N1c1ccc(N(C)C)cc1. The van der Waals surface area contributed by atoms with E-state index in [1.54, 1.807) is 31.1 Å². The number of hydrogen-bond donors (Lipinski definition) is 1. The Balaban J connectivity index is 1.96. The number of halogens is 1. The van der Waals surface area contributed by atoms with Gasteiger partial charge in [0.1, 0.15) is 0 Å². The number of nitrogens with one attached hydrogen (secondary N) is 1. The minimum atomic E-state index is -0.541. The molecular formula is C31H36ClN3O4. The maximum atomic E-state index is 13.9. The largest absolute Gasteiger partial charge is 0.493 e. The highest BCUT2D eigenvalue weighted by Gasteiger charge is 2.37. The number of anilines is 3. The molecule has 2 atom stereocenters. The average molecular weight is 550 g/mol. The zero-order chi connectivity index (χ0) is 28.3. The molecule has 7 nitrogen and oxygen atoms in total. The Morgan fingerprint density at radius 1 is 1.08 bits per heavy atom. The van der Waals surface area contributed by atoms with Gasteiger partial charge < -0.3 is 24.6 Å². The number of carbonyl (C=O) groups excluding carboxylic acids is 2.